The molecule has 1 heterocycles. The van der Waals surface area contributed by atoms with Gasteiger partial charge in [-0.25, -0.2) is 0 Å². The number of primary amides is 1. The molecule has 3 N–H and O–H groups in total. The number of nitrogens with two attached hydrogens (primary N) is 1. The van der Waals surface area contributed by atoms with Crippen molar-refractivity contribution in [3.05, 3.63) is 28.7 Å². The van der Waals surface area contributed by atoms with E-state index in [-0.39, 0.29) is 0 Å². The summed E-state index contributed by atoms with van der Waals surface area (Å²) >= 11 is 3.49. The number of para-hydroxylation sites is 1. The third-order valence-corrected chi connectivity index (χ3v) is 3.92. The summed E-state index contributed by atoms with van der Waals surface area (Å²) in [6.45, 7) is 1.12. The number of nitrogens with zero attached hydrogens (tertiary/aromatic N) is 1. The molecule has 0 aromatic heterocycles. The van der Waals surface area contributed by atoms with Crippen molar-refractivity contribution in [3.8, 4) is 0 Å². The Bertz CT molecular complexity index is 485. The van der Waals surface area contributed by atoms with E-state index in [2.05, 4.69) is 21.2 Å². The number of likely N-dealkylation sites (tertiary alicyclic amines) is 1. The smallest absolute Gasteiger partial charge is 0.311 e. The first-order valence-electron chi connectivity index (χ1n) is 6.17. The zero-order chi connectivity index (χ0) is 13.8. The summed E-state index contributed by atoms with van der Waals surface area (Å²) < 4.78 is 1.02. The Labute approximate surface area is 120 Å². The van der Waals surface area contributed by atoms with Crippen LogP contribution in [0.15, 0.2) is 28.7 Å². The molecule has 1 aliphatic rings. The SMILES string of the molecule is NC(=O)C(=O)N1CCC(Nc2ccccc2Br)CC1. The van der Waals surface area contributed by atoms with Crippen LogP contribution in [-0.2, 0) is 9.59 Å². The van der Waals surface area contributed by atoms with E-state index in [1.54, 1.807) is 0 Å². The van der Waals surface area contributed by atoms with Gasteiger partial charge in [-0.3, -0.25) is 9.59 Å². The second kappa shape index (κ2) is 6.06. The lowest BCUT2D eigenvalue weighted by atomic mass is 10.0. The summed E-state index contributed by atoms with van der Waals surface area (Å²) in [6.07, 6.45) is 1.61. The van der Waals surface area contributed by atoms with E-state index >= 15 is 0 Å². The minimum absolute atomic E-state index is 0.302. The number of amides is 2. The molecular weight excluding hydrogens is 310 g/mol. The Morgan fingerprint density at radius 1 is 1.26 bits per heavy atom. The molecule has 2 amide bonds. The van der Waals surface area contributed by atoms with Crippen molar-refractivity contribution in [2.75, 3.05) is 18.4 Å². The van der Waals surface area contributed by atoms with Gasteiger partial charge < -0.3 is 16.0 Å². The number of benzene rings is 1. The topological polar surface area (TPSA) is 75.4 Å². The zero-order valence-electron chi connectivity index (χ0n) is 10.4. The summed E-state index contributed by atoms with van der Waals surface area (Å²) in [4.78, 5) is 23.8. The zero-order valence-corrected chi connectivity index (χ0v) is 12.0. The Hall–Kier alpha value is -1.56. The van der Waals surface area contributed by atoms with E-state index in [0.29, 0.717) is 19.1 Å². The summed E-state index contributed by atoms with van der Waals surface area (Å²) in [5.74, 6) is -1.46. The standard InChI is InChI=1S/C13H16BrN3O2/c14-10-3-1-2-4-11(10)16-9-5-7-17(8-6-9)13(19)12(15)18/h1-4,9,16H,5-8H2,(H2,15,18). The van der Waals surface area contributed by atoms with Gasteiger partial charge >= 0.3 is 11.8 Å². The number of hydrogen-bond acceptors (Lipinski definition) is 3. The minimum Gasteiger partial charge on any atom is -0.381 e. The number of halogens is 1. The molecule has 0 spiro atoms. The first kappa shape index (κ1) is 13.9. The summed E-state index contributed by atoms with van der Waals surface area (Å²) in [5, 5.41) is 3.44. The number of rotatable bonds is 2. The van der Waals surface area contributed by atoms with Crippen LogP contribution >= 0.6 is 15.9 Å². The summed E-state index contributed by atoms with van der Waals surface area (Å²) in [5.41, 5.74) is 6.04. The van der Waals surface area contributed by atoms with Gasteiger partial charge in [0.1, 0.15) is 0 Å². The van der Waals surface area contributed by atoms with Crippen LogP contribution in [0.25, 0.3) is 0 Å². The molecule has 1 aliphatic heterocycles. The number of hydrogen-bond donors (Lipinski definition) is 2. The Kier molecular flexibility index (Phi) is 4.42. The highest BCUT2D eigenvalue weighted by atomic mass is 79.9. The maximum Gasteiger partial charge on any atom is 0.311 e. The molecule has 1 fully saturated rings. The fourth-order valence-corrected chi connectivity index (χ4v) is 2.58. The van der Waals surface area contributed by atoms with Crippen LogP contribution in [-0.4, -0.2) is 35.8 Å². The molecule has 0 bridgehead atoms. The second-order valence-corrected chi connectivity index (χ2v) is 5.41. The first-order chi connectivity index (χ1) is 9.08. The quantitative estimate of drug-likeness (QED) is 0.806. The van der Waals surface area contributed by atoms with Crippen LogP contribution in [0.4, 0.5) is 5.69 Å². The van der Waals surface area contributed by atoms with Crippen molar-refractivity contribution in [2.45, 2.75) is 18.9 Å². The van der Waals surface area contributed by atoms with Crippen molar-refractivity contribution < 1.29 is 9.59 Å². The van der Waals surface area contributed by atoms with E-state index in [1.807, 2.05) is 24.3 Å². The van der Waals surface area contributed by atoms with Crippen molar-refractivity contribution in [2.24, 2.45) is 5.73 Å². The van der Waals surface area contributed by atoms with Gasteiger partial charge in [-0.2, -0.15) is 0 Å². The fraction of sp³-hybridized carbons (Fsp3) is 0.385. The number of nitrogens with one attached hydrogen (secondary N) is 1. The predicted octanol–water partition coefficient (Wildman–Crippen LogP) is 1.34. The van der Waals surface area contributed by atoms with Crippen LogP contribution in [0, 0.1) is 0 Å². The molecule has 0 aliphatic carbocycles. The lowest BCUT2D eigenvalue weighted by Crippen LogP contribution is -2.47. The van der Waals surface area contributed by atoms with Gasteiger partial charge in [-0.05, 0) is 40.9 Å². The maximum absolute atomic E-state index is 11.4. The molecule has 0 unspecified atom stereocenters. The average molecular weight is 326 g/mol. The van der Waals surface area contributed by atoms with Gasteiger partial charge in [-0.1, -0.05) is 12.1 Å². The summed E-state index contributed by atoms with van der Waals surface area (Å²) in [6, 6.07) is 8.22. The summed E-state index contributed by atoms with van der Waals surface area (Å²) in [7, 11) is 0. The molecule has 1 aromatic rings. The minimum atomic E-state index is -0.878. The van der Waals surface area contributed by atoms with E-state index in [9.17, 15) is 9.59 Å². The number of carbonyl (C=O) groups excluding carboxylic acids is 2. The van der Waals surface area contributed by atoms with Crippen molar-refractivity contribution in [1.29, 1.82) is 0 Å². The first-order valence-corrected chi connectivity index (χ1v) is 6.97. The number of piperidine rings is 1. The lowest BCUT2D eigenvalue weighted by molar-refractivity contribution is -0.144. The molecular formula is C13H16BrN3O2. The second-order valence-electron chi connectivity index (χ2n) is 4.55. The molecule has 0 radical (unpaired) electrons. The van der Waals surface area contributed by atoms with Gasteiger partial charge in [-0.15, -0.1) is 0 Å². The molecule has 102 valence electrons. The molecule has 0 saturated carbocycles. The van der Waals surface area contributed by atoms with Crippen LogP contribution < -0.4 is 11.1 Å². The van der Waals surface area contributed by atoms with Gasteiger partial charge in [0.15, 0.2) is 0 Å². The van der Waals surface area contributed by atoms with Gasteiger partial charge in [0.2, 0.25) is 0 Å². The third-order valence-electron chi connectivity index (χ3n) is 3.23. The molecule has 6 heteroatoms. The van der Waals surface area contributed by atoms with Crippen molar-refractivity contribution in [1.82, 2.24) is 4.90 Å². The normalized spacial score (nSPS) is 16.2. The molecule has 2 rings (SSSR count). The van der Waals surface area contributed by atoms with Crippen molar-refractivity contribution >= 4 is 33.4 Å². The van der Waals surface area contributed by atoms with E-state index in [1.165, 1.54) is 4.90 Å². The van der Waals surface area contributed by atoms with Gasteiger partial charge in [0.05, 0.1) is 0 Å². The number of carbonyl (C=O) groups is 2. The highest BCUT2D eigenvalue weighted by Crippen LogP contribution is 2.24. The number of anilines is 1. The maximum atomic E-state index is 11.4. The fourth-order valence-electron chi connectivity index (χ4n) is 2.18. The highest BCUT2D eigenvalue weighted by molar-refractivity contribution is 9.10. The van der Waals surface area contributed by atoms with E-state index in [0.717, 1.165) is 23.0 Å². The molecule has 1 saturated heterocycles. The molecule has 1 aromatic carbocycles. The molecule has 5 nitrogen and oxygen atoms in total. The molecule has 0 atom stereocenters. The highest BCUT2D eigenvalue weighted by Gasteiger charge is 2.25. The van der Waals surface area contributed by atoms with Crippen molar-refractivity contribution in [3.63, 3.8) is 0 Å². The average Bonchev–Trinajstić information content (AvgIpc) is 2.41. The molecule has 19 heavy (non-hydrogen) atoms. The van der Waals surface area contributed by atoms with E-state index in [4.69, 9.17) is 5.73 Å². The van der Waals surface area contributed by atoms with E-state index < -0.39 is 11.8 Å². The monoisotopic (exact) mass is 325 g/mol. The predicted molar refractivity (Wildman–Crippen MR) is 76.6 cm³/mol. The van der Waals surface area contributed by atoms with Gasteiger partial charge in [0, 0.05) is 29.3 Å². The van der Waals surface area contributed by atoms with Gasteiger partial charge in [0.25, 0.3) is 0 Å². The third kappa shape index (κ3) is 3.47. The Morgan fingerprint density at radius 3 is 2.47 bits per heavy atom. The van der Waals surface area contributed by atoms with Crippen LogP contribution in [0.3, 0.4) is 0 Å². The lowest BCUT2D eigenvalue weighted by Gasteiger charge is -2.32. The Morgan fingerprint density at radius 2 is 1.89 bits per heavy atom. The Balaban J connectivity index is 1.89. The largest absolute Gasteiger partial charge is 0.381 e. The van der Waals surface area contributed by atoms with Crippen LogP contribution in [0.5, 0.6) is 0 Å². The van der Waals surface area contributed by atoms with Crippen LogP contribution in [0.2, 0.25) is 0 Å². The van der Waals surface area contributed by atoms with Crippen LogP contribution in [0.1, 0.15) is 12.8 Å².